The first kappa shape index (κ1) is 15.5. The molecule has 1 aromatic carbocycles. The molecular weight excluding hydrogens is 270 g/mol. The molecule has 1 fully saturated rings. The van der Waals surface area contributed by atoms with Gasteiger partial charge in [0, 0.05) is 0 Å². The number of hydrogen-bond acceptors (Lipinski definition) is 2. The number of hydrogen-bond donors (Lipinski definition) is 1. The van der Waals surface area contributed by atoms with Crippen molar-refractivity contribution in [1.82, 2.24) is 15.4 Å². The zero-order valence-corrected chi connectivity index (χ0v) is 13.9. The highest BCUT2D eigenvalue weighted by atomic mass is 15.3. The Balaban J connectivity index is 1.83. The highest BCUT2D eigenvalue weighted by Crippen LogP contribution is 2.38. The van der Waals surface area contributed by atoms with E-state index in [0.29, 0.717) is 0 Å². The van der Waals surface area contributed by atoms with Gasteiger partial charge in [-0.1, -0.05) is 76.8 Å². The van der Waals surface area contributed by atoms with Crippen molar-refractivity contribution in [3.63, 3.8) is 0 Å². The molecule has 0 amide bonds. The van der Waals surface area contributed by atoms with Gasteiger partial charge in [-0.25, -0.2) is 0 Å². The van der Waals surface area contributed by atoms with Gasteiger partial charge >= 0.3 is 0 Å². The van der Waals surface area contributed by atoms with E-state index >= 15 is 0 Å². The third-order valence-electron chi connectivity index (χ3n) is 5.45. The number of nitrogens with zero attached hydrogens (tertiary/aromatic N) is 2. The minimum Gasteiger partial charge on any atom is -0.197 e. The zero-order valence-electron chi connectivity index (χ0n) is 13.9. The normalized spacial score (nSPS) is 21.1. The van der Waals surface area contributed by atoms with Gasteiger partial charge in [-0.05, 0) is 29.9 Å². The molecule has 0 bridgehead atoms. The monoisotopic (exact) mass is 299 g/mol. The molecule has 0 spiro atoms. The van der Waals surface area contributed by atoms with E-state index in [2.05, 4.69) is 40.5 Å². The third-order valence-corrected chi connectivity index (χ3v) is 5.45. The molecule has 1 heterocycles. The lowest BCUT2D eigenvalue weighted by molar-refractivity contribution is 0.358. The summed E-state index contributed by atoms with van der Waals surface area (Å²) in [6, 6.07) is 6.47. The summed E-state index contributed by atoms with van der Waals surface area (Å²) in [5.41, 5.74) is 3.73. The largest absolute Gasteiger partial charge is 0.197 e. The van der Waals surface area contributed by atoms with Crippen LogP contribution in [0.15, 0.2) is 18.2 Å². The van der Waals surface area contributed by atoms with Gasteiger partial charge in [-0.2, -0.15) is 15.4 Å². The highest BCUT2D eigenvalue weighted by Gasteiger charge is 2.28. The van der Waals surface area contributed by atoms with Crippen molar-refractivity contribution in [2.45, 2.75) is 83.0 Å². The molecule has 0 unspecified atom stereocenters. The van der Waals surface area contributed by atoms with E-state index in [1.54, 1.807) is 0 Å². The quantitative estimate of drug-likeness (QED) is 0.753. The summed E-state index contributed by atoms with van der Waals surface area (Å²) in [4.78, 5) is 0. The second kappa shape index (κ2) is 7.26. The SMILES string of the molecule is CC1(c2cccc3n[nH]nc23)CCCCCCCCCCC1. The second-order valence-electron chi connectivity index (χ2n) is 7.24. The average Bonchev–Trinajstić information content (AvgIpc) is 2.99. The fraction of sp³-hybridized carbons (Fsp3) is 0.684. The standard InChI is InChI=1S/C19H29N3/c1-19(16-12-11-13-17-18(16)21-22-20-17)14-9-7-5-3-2-4-6-8-10-15-19/h11-13H,2-10,14-15H2,1H3,(H,20,21,22). The molecular formula is C19H29N3. The summed E-state index contributed by atoms with van der Waals surface area (Å²) in [5.74, 6) is 0. The molecule has 3 nitrogen and oxygen atoms in total. The Hall–Kier alpha value is -1.38. The maximum atomic E-state index is 4.43. The number of para-hydroxylation sites is 1. The van der Waals surface area contributed by atoms with Gasteiger partial charge < -0.3 is 0 Å². The Labute approximate surface area is 133 Å². The average molecular weight is 299 g/mol. The van der Waals surface area contributed by atoms with Crippen LogP contribution in [0.4, 0.5) is 0 Å². The van der Waals surface area contributed by atoms with Crippen molar-refractivity contribution >= 4 is 11.0 Å². The predicted octanol–water partition coefficient (Wildman–Crippen LogP) is 5.52. The van der Waals surface area contributed by atoms with E-state index in [9.17, 15) is 0 Å². The van der Waals surface area contributed by atoms with E-state index in [1.807, 2.05) is 0 Å². The second-order valence-corrected chi connectivity index (χ2v) is 7.24. The van der Waals surface area contributed by atoms with Gasteiger partial charge in [0.25, 0.3) is 0 Å². The molecule has 0 radical (unpaired) electrons. The Kier molecular flexibility index (Phi) is 5.12. The third kappa shape index (κ3) is 3.50. The first-order valence-electron chi connectivity index (χ1n) is 9.10. The van der Waals surface area contributed by atoms with Crippen molar-refractivity contribution in [3.8, 4) is 0 Å². The molecule has 1 aliphatic carbocycles. The first-order valence-corrected chi connectivity index (χ1v) is 9.10. The molecule has 0 saturated heterocycles. The van der Waals surface area contributed by atoms with Crippen LogP contribution in [0.5, 0.6) is 0 Å². The maximum absolute atomic E-state index is 4.43. The van der Waals surface area contributed by atoms with E-state index < -0.39 is 0 Å². The summed E-state index contributed by atoms with van der Waals surface area (Å²) in [7, 11) is 0. The topological polar surface area (TPSA) is 41.6 Å². The Bertz CT molecular complexity index is 575. The van der Waals surface area contributed by atoms with Crippen molar-refractivity contribution in [3.05, 3.63) is 23.8 Å². The molecule has 120 valence electrons. The Morgan fingerprint density at radius 1 is 0.818 bits per heavy atom. The maximum Gasteiger partial charge on any atom is 0.116 e. The summed E-state index contributed by atoms with van der Waals surface area (Å²) in [6.45, 7) is 2.45. The van der Waals surface area contributed by atoms with Crippen molar-refractivity contribution < 1.29 is 0 Å². The lowest BCUT2D eigenvalue weighted by Gasteiger charge is -2.31. The molecule has 0 aliphatic heterocycles. The van der Waals surface area contributed by atoms with Gasteiger partial charge in [0.1, 0.15) is 11.0 Å². The van der Waals surface area contributed by atoms with Crippen molar-refractivity contribution in [2.24, 2.45) is 0 Å². The number of H-pyrrole nitrogens is 1. The van der Waals surface area contributed by atoms with Crippen LogP contribution in [-0.4, -0.2) is 15.4 Å². The van der Waals surface area contributed by atoms with Crippen LogP contribution < -0.4 is 0 Å². The van der Waals surface area contributed by atoms with Crippen LogP contribution in [0, 0.1) is 0 Å². The van der Waals surface area contributed by atoms with Gasteiger partial charge in [-0.3, -0.25) is 0 Å². The Morgan fingerprint density at radius 3 is 2.05 bits per heavy atom. The molecule has 1 N–H and O–H groups in total. The van der Waals surface area contributed by atoms with Crippen LogP contribution >= 0.6 is 0 Å². The summed E-state index contributed by atoms with van der Waals surface area (Å²) >= 11 is 0. The molecule has 3 rings (SSSR count). The Morgan fingerprint density at radius 2 is 1.41 bits per heavy atom. The minimum absolute atomic E-state index is 0.246. The van der Waals surface area contributed by atoms with E-state index in [1.165, 1.54) is 76.2 Å². The molecule has 1 aromatic heterocycles. The number of aromatic nitrogens is 3. The lowest BCUT2D eigenvalue weighted by Crippen LogP contribution is -2.22. The highest BCUT2D eigenvalue weighted by molar-refractivity contribution is 5.78. The first-order chi connectivity index (χ1) is 10.8. The number of benzene rings is 1. The van der Waals surface area contributed by atoms with Gasteiger partial charge in [0.2, 0.25) is 0 Å². The van der Waals surface area contributed by atoms with Crippen molar-refractivity contribution in [2.75, 3.05) is 0 Å². The van der Waals surface area contributed by atoms with E-state index in [-0.39, 0.29) is 5.41 Å². The molecule has 22 heavy (non-hydrogen) atoms. The lowest BCUT2D eigenvalue weighted by atomic mass is 9.73. The van der Waals surface area contributed by atoms with Crippen LogP contribution in [-0.2, 0) is 5.41 Å². The number of fused-ring (bicyclic) bond motifs is 1. The van der Waals surface area contributed by atoms with E-state index in [0.717, 1.165) is 11.0 Å². The molecule has 3 heteroatoms. The van der Waals surface area contributed by atoms with Crippen molar-refractivity contribution in [1.29, 1.82) is 0 Å². The summed E-state index contributed by atoms with van der Waals surface area (Å²) in [6.07, 6.45) is 15.1. The van der Waals surface area contributed by atoms with Crippen LogP contribution in [0.3, 0.4) is 0 Å². The van der Waals surface area contributed by atoms with Crippen LogP contribution in [0.2, 0.25) is 0 Å². The minimum atomic E-state index is 0.246. The number of nitrogens with one attached hydrogen (secondary N) is 1. The molecule has 1 aliphatic rings. The smallest absolute Gasteiger partial charge is 0.116 e. The number of aromatic amines is 1. The van der Waals surface area contributed by atoms with Crippen LogP contribution in [0.1, 0.15) is 83.1 Å². The van der Waals surface area contributed by atoms with Crippen LogP contribution in [0.25, 0.3) is 11.0 Å². The molecule has 1 saturated carbocycles. The fourth-order valence-corrected chi connectivity index (χ4v) is 4.02. The predicted molar refractivity (Wildman–Crippen MR) is 92.0 cm³/mol. The molecule has 0 atom stereocenters. The van der Waals surface area contributed by atoms with Gasteiger partial charge in [0.05, 0.1) is 0 Å². The van der Waals surface area contributed by atoms with Gasteiger partial charge in [-0.15, -0.1) is 0 Å². The van der Waals surface area contributed by atoms with E-state index in [4.69, 9.17) is 0 Å². The summed E-state index contributed by atoms with van der Waals surface area (Å²) in [5, 5.41) is 11.5. The molecule has 2 aromatic rings. The van der Waals surface area contributed by atoms with Gasteiger partial charge in [0.15, 0.2) is 0 Å². The summed E-state index contributed by atoms with van der Waals surface area (Å²) < 4.78 is 0. The zero-order chi connectivity index (χ0) is 15.3. The fourth-order valence-electron chi connectivity index (χ4n) is 4.02. The number of rotatable bonds is 1.